The van der Waals surface area contributed by atoms with Crippen LogP contribution in [-0.4, -0.2) is 19.4 Å². The lowest BCUT2D eigenvalue weighted by Crippen LogP contribution is -2.00. The van der Waals surface area contributed by atoms with Crippen molar-refractivity contribution in [2.75, 3.05) is 20.0 Å². The highest BCUT2D eigenvalue weighted by atomic mass is 19.1. The largest absolute Gasteiger partial charge is 0.496 e. The summed E-state index contributed by atoms with van der Waals surface area (Å²) in [7, 11) is 2.96. The number of ether oxygens (including phenoxy) is 2. The highest BCUT2D eigenvalue weighted by Crippen LogP contribution is 2.31. The number of nitrogens with two attached hydrogens (primary N) is 1. The van der Waals surface area contributed by atoms with Gasteiger partial charge in [-0.1, -0.05) is 5.16 Å². The molecule has 0 radical (unpaired) electrons. The Bertz CT molecular complexity index is 554. The van der Waals surface area contributed by atoms with Gasteiger partial charge in [0.2, 0.25) is 5.88 Å². The van der Waals surface area contributed by atoms with Crippen LogP contribution in [0, 0.1) is 5.82 Å². The summed E-state index contributed by atoms with van der Waals surface area (Å²) >= 11 is 0. The number of hydrogen-bond acceptors (Lipinski definition) is 5. The summed E-state index contributed by atoms with van der Waals surface area (Å²) in [6.07, 6.45) is 0. The molecule has 0 amide bonds. The Kier molecular flexibility index (Phi) is 3.47. The first-order valence-electron chi connectivity index (χ1n) is 5.24. The van der Waals surface area contributed by atoms with Gasteiger partial charge in [-0.3, -0.25) is 0 Å². The van der Waals surface area contributed by atoms with Crippen LogP contribution in [0.2, 0.25) is 0 Å². The molecule has 0 bridgehead atoms. The third-order valence-electron chi connectivity index (χ3n) is 2.51. The van der Waals surface area contributed by atoms with Crippen LogP contribution in [0.4, 0.5) is 10.3 Å². The van der Waals surface area contributed by atoms with Gasteiger partial charge in [-0.2, -0.15) is 0 Å². The number of aromatic nitrogens is 1. The molecule has 0 spiro atoms. The van der Waals surface area contributed by atoms with Gasteiger partial charge in [0, 0.05) is 18.7 Å². The Balaban J connectivity index is 2.53. The minimum absolute atomic E-state index is 0.107. The van der Waals surface area contributed by atoms with E-state index in [4.69, 9.17) is 19.7 Å². The normalized spacial score (nSPS) is 10.6. The van der Waals surface area contributed by atoms with Gasteiger partial charge in [-0.05, 0) is 12.1 Å². The summed E-state index contributed by atoms with van der Waals surface area (Å²) in [6, 6.07) is 4.67. The minimum atomic E-state index is -0.454. The van der Waals surface area contributed by atoms with Gasteiger partial charge in [0.05, 0.1) is 19.3 Å². The number of halogens is 1. The fourth-order valence-electron chi connectivity index (χ4n) is 1.69. The van der Waals surface area contributed by atoms with Crippen molar-refractivity contribution in [3.63, 3.8) is 0 Å². The molecule has 0 unspecified atom stereocenters. The number of nitrogen functional groups attached to an aromatic ring is 1. The molecule has 0 saturated heterocycles. The molecule has 96 valence electrons. The van der Waals surface area contributed by atoms with Gasteiger partial charge in [-0.15, -0.1) is 0 Å². The van der Waals surface area contributed by atoms with E-state index in [1.165, 1.54) is 20.3 Å². The van der Waals surface area contributed by atoms with Crippen LogP contribution in [0.5, 0.6) is 5.75 Å². The number of hydrogen-bond donors (Lipinski definition) is 1. The van der Waals surface area contributed by atoms with Crippen molar-refractivity contribution < 1.29 is 18.4 Å². The zero-order valence-corrected chi connectivity index (χ0v) is 10.1. The van der Waals surface area contributed by atoms with Crippen molar-refractivity contribution in [1.82, 2.24) is 5.16 Å². The molecule has 2 rings (SSSR count). The predicted octanol–water partition coefficient (Wildman–Crippen LogP) is 2.22. The van der Waals surface area contributed by atoms with Crippen LogP contribution in [0.25, 0.3) is 11.3 Å². The van der Waals surface area contributed by atoms with Crippen molar-refractivity contribution >= 4 is 5.88 Å². The summed E-state index contributed by atoms with van der Waals surface area (Å²) < 4.78 is 29.1. The molecule has 5 nitrogen and oxygen atoms in total. The smallest absolute Gasteiger partial charge is 0.222 e. The molecule has 18 heavy (non-hydrogen) atoms. The number of rotatable bonds is 4. The molecular weight excluding hydrogens is 239 g/mol. The molecule has 2 aromatic rings. The van der Waals surface area contributed by atoms with E-state index in [2.05, 4.69) is 5.16 Å². The summed E-state index contributed by atoms with van der Waals surface area (Å²) in [6.45, 7) is 0.107. The van der Waals surface area contributed by atoms with Crippen LogP contribution in [0.15, 0.2) is 22.7 Å². The van der Waals surface area contributed by atoms with Crippen LogP contribution in [-0.2, 0) is 11.3 Å². The maximum atomic E-state index is 14.3. The maximum Gasteiger partial charge on any atom is 0.222 e. The molecule has 1 aromatic heterocycles. The first-order chi connectivity index (χ1) is 8.67. The molecule has 0 aliphatic carbocycles. The lowest BCUT2D eigenvalue weighted by molar-refractivity contribution is 0.178. The number of nitrogens with zero attached hydrogens (tertiary/aromatic N) is 1. The lowest BCUT2D eigenvalue weighted by Gasteiger charge is -2.11. The van der Waals surface area contributed by atoms with Gasteiger partial charge >= 0.3 is 0 Å². The van der Waals surface area contributed by atoms with Crippen molar-refractivity contribution in [3.8, 4) is 17.0 Å². The third-order valence-corrected chi connectivity index (χ3v) is 2.51. The predicted molar refractivity (Wildman–Crippen MR) is 63.6 cm³/mol. The van der Waals surface area contributed by atoms with Gasteiger partial charge in [0.15, 0.2) is 0 Å². The molecule has 1 aromatic carbocycles. The topological polar surface area (TPSA) is 70.5 Å². The van der Waals surface area contributed by atoms with E-state index in [0.29, 0.717) is 22.6 Å². The first-order valence-corrected chi connectivity index (χ1v) is 5.24. The SMILES string of the molecule is COCc1c(OC)ccc(-c2cc(N)on2)c1F. The summed E-state index contributed by atoms with van der Waals surface area (Å²) in [5, 5.41) is 3.68. The Labute approximate surface area is 103 Å². The van der Waals surface area contributed by atoms with Crippen LogP contribution in [0.3, 0.4) is 0 Å². The lowest BCUT2D eigenvalue weighted by atomic mass is 10.1. The van der Waals surface area contributed by atoms with E-state index in [0.717, 1.165) is 0 Å². The molecule has 0 atom stereocenters. The number of methoxy groups -OCH3 is 2. The Morgan fingerprint density at radius 3 is 2.72 bits per heavy atom. The Hall–Kier alpha value is -2.08. The van der Waals surface area contributed by atoms with Crippen molar-refractivity contribution in [3.05, 3.63) is 29.6 Å². The van der Waals surface area contributed by atoms with Gasteiger partial charge in [0.25, 0.3) is 0 Å². The van der Waals surface area contributed by atoms with Crippen LogP contribution in [0.1, 0.15) is 5.56 Å². The number of benzene rings is 1. The minimum Gasteiger partial charge on any atom is -0.496 e. The molecule has 6 heteroatoms. The maximum absolute atomic E-state index is 14.3. The van der Waals surface area contributed by atoms with E-state index in [1.54, 1.807) is 12.1 Å². The second kappa shape index (κ2) is 5.05. The summed E-state index contributed by atoms with van der Waals surface area (Å²) in [4.78, 5) is 0. The quantitative estimate of drug-likeness (QED) is 0.903. The summed E-state index contributed by atoms with van der Waals surface area (Å²) in [5.74, 6) is 0.104. The van der Waals surface area contributed by atoms with E-state index in [1.807, 2.05) is 0 Å². The highest BCUT2D eigenvalue weighted by molar-refractivity contribution is 5.64. The molecule has 0 saturated carbocycles. The fraction of sp³-hybridized carbons (Fsp3) is 0.250. The van der Waals surface area contributed by atoms with Crippen molar-refractivity contribution in [2.24, 2.45) is 0 Å². The average molecular weight is 252 g/mol. The molecule has 0 fully saturated rings. The molecule has 1 heterocycles. The molecular formula is C12H13FN2O3. The zero-order chi connectivity index (χ0) is 13.1. The van der Waals surface area contributed by atoms with Crippen LogP contribution >= 0.6 is 0 Å². The average Bonchev–Trinajstić information content (AvgIpc) is 2.78. The van der Waals surface area contributed by atoms with Crippen LogP contribution < -0.4 is 10.5 Å². The molecule has 0 aliphatic rings. The zero-order valence-electron chi connectivity index (χ0n) is 10.1. The fourth-order valence-corrected chi connectivity index (χ4v) is 1.69. The van der Waals surface area contributed by atoms with E-state index in [9.17, 15) is 4.39 Å². The standard InChI is InChI=1S/C12H13FN2O3/c1-16-6-8-10(17-2)4-3-7(12(8)13)9-5-11(14)18-15-9/h3-5H,6,14H2,1-2H3. The van der Waals surface area contributed by atoms with E-state index in [-0.39, 0.29) is 12.5 Å². The first kappa shape index (κ1) is 12.4. The third kappa shape index (κ3) is 2.14. The van der Waals surface area contributed by atoms with Gasteiger partial charge in [-0.25, -0.2) is 4.39 Å². The second-order valence-electron chi connectivity index (χ2n) is 3.66. The van der Waals surface area contributed by atoms with Gasteiger partial charge in [0.1, 0.15) is 17.3 Å². The summed E-state index contributed by atoms with van der Waals surface area (Å²) in [5.41, 5.74) is 6.38. The van der Waals surface area contributed by atoms with E-state index < -0.39 is 5.82 Å². The van der Waals surface area contributed by atoms with Crippen molar-refractivity contribution in [1.29, 1.82) is 0 Å². The second-order valence-corrected chi connectivity index (χ2v) is 3.66. The van der Waals surface area contributed by atoms with E-state index >= 15 is 0 Å². The number of anilines is 1. The molecule has 0 aliphatic heterocycles. The van der Waals surface area contributed by atoms with Crippen molar-refractivity contribution in [2.45, 2.75) is 6.61 Å². The monoisotopic (exact) mass is 252 g/mol. The Morgan fingerprint density at radius 2 is 2.17 bits per heavy atom. The Morgan fingerprint density at radius 1 is 1.39 bits per heavy atom. The highest BCUT2D eigenvalue weighted by Gasteiger charge is 2.17. The van der Waals surface area contributed by atoms with Gasteiger partial charge < -0.3 is 19.7 Å². The molecule has 2 N–H and O–H groups in total.